The lowest BCUT2D eigenvalue weighted by Crippen LogP contribution is -2.54. The molecule has 1 aliphatic rings. The molecule has 1 fully saturated rings. The normalized spacial score (nSPS) is 17.9. The van der Waals surface area contributed by atoms with Crippen molar-refractivity contribution < 1.29 is 33.8 Å². The average Bonchev–Trinajstić information content (AvgIpc) is 3.32. The van der Waals surface area contributed by atoms with Crippen LogP contribution < -0.4 is 10.6 Å². The number of carboxylic acid groups (broad SMARTS) is 1. The molecule has 0 radical (unpaired) electrons. The Labute approximate surface area is 241 Å². The van der Waals surface area contributed by atoms with Crippen LogP contribution in [-0.2, 0) is 30.3 Å². The van der Waals surface area contributed by atoms with Gasteiger partial charge in [-0.05, 0) is 57.2 Å². The Hall–Kier alpha value is -3.60. The number of nitrogens with one attached hydrogen (secondary N) is 3. The first-order valence-corrected chi connectivity index (χ1v) is 14.3. The van der Waals surface area contributed by atoms with Crippen LogP contribution in [0.5, 0.6) is 0 Å². The smallest absolute Gasteiger partial charge is 0.412 e. The number of benzene rings is 1. The number of fused-ring (bicyclic) bond motifs is 1. The maximum Gasteiger partial charge on any atom is 0.412 e. The number of aliphatic carboxylic acids is 1. The number of aryl methyl sites for hydroxylation is 1. The SMILES string of the molecule is CC[C@H](C)[C@H](NC(=O)[C@H](Cc1c[nH]c2cccc(C)c12)NC(=O)CCC1OCCCN1C(=O)OC(C)(C)C)C(=O)O. The number of aromatic nitrogens is 1. The van der Waals surface area contributed by atoms with Gasteiger partial charge in [-0.15, -0.1) is 0 Å². The van der Waals surface area contributed by atoms with E-state index in [0.717, 1.165) is 22.0 Å². The zero-order chi connectivity index (χ0) is 30.3. The molecule has 11 heteroatoms. The third kappa shape index (κ3) is 8.69. The molecule has 2 heterocycles. The van der Waals surface area contributed by atoms with Crippen LogP contribution in [0.2, 0.25) is 0 Å². The fraction of sp³-hybridized carbons (Fsp3) is 0.600. The summed E-state index contributed by atoms with van der Waals surface area (Å²) in [5.74, 6) is -2.41. The number of nitrogens with zero attached hydrogens (tertiary/aromatic N) is 1. The van der Waals surface area contributed by atoms with E-state index >= 15 is 0 Å². The number of carbonyl (C=O) groups excluding carboxylic acids is 3. The predicted molar refractivity (Wildman–Crippen MR) is 154 cm³/mol. The third-order valence-electron chi connectivity index (χ3n) is 7.30. The van der Waals surface area contributed by atoms with E-state index in [0.29, 0.717) is 26.0 Å². The summed E-state index contributed by atoms with van der Waals surface area (Å²) in [7, 11) is 0. The van der Waals surface area contributed by atoms with Crippen molar-refractivity contribution in [2.75, 3.05) is 13.2 Å². The van der Waals surface area contributed by atoms with Crippen LogP contribution in [0.15, 0.2) is 24.4 Å². The summed E-state index contributed by atoms with van der Waals surface area (Å²) in [5.41, 5.74) is 2.09. The lowest BCUT2D eigenvalue weighted by atomic mass is 9.97. The largest absolute Gasteiger partial charge is 0.480 e. The minimum atomic E-state index is -1.13. The molecule has 4 atom stereocenters. The topological polar surface area (TPSA) is 150 Å². The van der Waals surface area contributed by atoms with Gasteiger partial charge >= 0.3 is 12.1 Å². The lowest BCUT2D eigenvalue weighted by Gasteiger charge is -2.36. The van der Waals surface area contributed by atoms with Gasteiger partial charge in [0.15, 0.2) is 0 Å². The number of hydrogen-bond donors (Lipinski definition) is 4. The van der Waals surface area contributed by atoms with Crippen LogP contribution in [0.4, 0.5) is 4.79 Å². The van der Waals surface area contributed by atoms with Crippen molar-refractivity contribution in [3.05, 3.63) is 35.5 Å². The van der Waals surface area contributed by atoms with Gasteiger partial charge in [0, 0.05) is 42.9 Å². The van der Waals surface area contributed by atoms with Gasteiger partial charge < -0.3 is 30.2 Å². The summed E-state index contributed by atoms with van der Waals surface area (Å²) in [6.07, 6.45) is 2.28. The molecule has 0 saturated carbocycles. The number of rotatable bonds is 11. The van der Waals surface area contributed by atoms with Crippen molar-refractivity contribution in [1.29, 1.82) is 0 Å². The van der Waals surface area contributed by atoms with Crippen LogP contribution >= 0.6 is 0 Å². The molecule has 0 aliphatic carbocycles. The first-order valence-electron chi connectivity index (χ1n) is 14.3. The second kappa shape index (κ2) is 13.8. The number of carbonyl (C=O) groups is 4. The number of H-pyrrole nitrogens is 1. The highest BCUT2D eigenvalue weighted by Gasteiger charge is 2.33. The predicted octanol–water partition coefficient (Wildman–Crippen LogP) is 3.88. The maximum atomic E-state index is 13.4. The Bertz CT molecular complexity index is 1240. The van der Waals surface area contributed by atoms with E-state index < -0.39 is 47.8 Å². The quantitative estimate of drug-likeness (QED) is 0.319. The van der Waals surface area contributed by atoms with E-state index in [1.54, 1.807) is 27.7 Å². The molecule has 1 saturated heterocycles. The molecule has 4 N–H and O–H groups in total. The van der Waals surface area contributed by atoms with Crippen molar-refractivity contribution in [2.24, 2.45) is 5.92 Å². The summed E-state index contributed by atoms with van der Waals surface area (Å²) in [4.78, 5) is 55.9. The zero-order valence-corrected chi connectivity index (χ0v) is 24.9. The van der Waals surface area contributed by atoms with Gasteiger partial charge in [-0.3, -0.25) is 14.5 Å². The van der Waals surface area contributed by atoms with Gasteiger partial charge in [0.25, 0.3) is 0 Å². The number of aromatic amines is 1. The van der Waals surface area contributed by atoms with E-state index in [1.165, 1.54) is 4.90 Å². The van der Waals surface area contributed by atoms with Gasteiger partial charge in [-0.25, -0.2) is 9.59 Å². The summed E-state index contributed by atoms with van der Waals surface area (Å²) < 4.78 is 11.3. The van der Waals surface area contributed by atoms with Crippen LogP contribution in [-0.4, -0.2) is 75.9 Å². The molecule has 1 aromatic heterocycles. The highest BCUT2D eigenvalue weighted by Crippen LogP contribution is 2.24. The van der Waals surface area contributed by atoms with Gasteiger partial charge in [-0.2, -0.15) is 0 Å². The number of carboxylic acids is 1. The Morgan fingerprint density at radius 1 is 1.22 bits per heavy atom. The lowest BCUT2D eigenvalue weighted by molar-refractivity contribution is -0.143. The maximum absolute atomic E-state index is 13.4. The minimum Gasteiger partial charge on any atom is -0.480 e. The minimum absolute atomic E-state index is 0.00558. The van der Waals surface area contributed by atoms with Crippen molar-refractivity contribution in [3.63, 3.8) is 0 Å². The molecule has 3 rings (SSSR count). The second-order valence-corrected chi connectivity index (χ2v) is 11.7. The monoisotopic (exact) mass is 572 g/mol. The van der Waals surface area contributed by atoms with Crippen LogP contribution in [0, 0.1) is 12.8 Å². The summed E-state index contributed by atoms with van der Waals surface area (Å²) >= 11 is 0. The van der Waals surface area contributed by atoms with Crippen LogP contribution in [0.3, 0.4) is 0 Å². The molecule has 1 aromatic carbocycles. The van der Waals surface area contributed by atoms with Crippen molar-refractivity contribution in [3.8, 4) is 0 Å². The Morgan fingerprint density at radius 3 is 2.61 bits per heavy atom. The summed E-state index contributed by atoms with van der Waals surface area (Å²) in [6.45, 7) is 11.9. The number of hydrogen-bond acceptors (Lipinski definition) is 6. The van der Waals surface area contributed by atoms with E-state index in [4.69, 9.17) is 9.47 Å². The molecule has 1 aliphatic heterocycles. The van der Waals surface area contributed by atoms with Gasteiger partial charge in [-0.1, -0.05) is 32.4 Å². The summed E-state index contributed by atoms with van der Waals surface area (Å²) in [6, 6.07) is 3.73. The highest BCUT2D eigenvalue weighted by molar-refractivity contribution is 5.92. The number of ether oxygens (including phenoxy) is 2. The first-order chi connectivity index (χ1) is 19.3. The van der Waals surface area contributed by atoms with E-state index in [-0.39, 0.29) is 25.2 Å². The Kier molecular flexibility index (Phi) is 10.8. The Balaban J connectivity index is 1.76. The van der Waals surface area contributed by atoms with E-state index in [1.807, 2.05) is 38.2 Å². The first kappa shape index (κ1) is 31.9. The standard InChI is InChI=1S/C30H44N4O7/c1-7-18(2)26(28(37)38)33-27(36)22(16-20-17-31-21-11-8-10-19(3)25(20)21)32-23(35)12-13-24-34(14-9-15-40-24)29(39)41-30(4,5)6/h8,10-11,17-18,22,24,26,31H,7,9,12-16H2,1-6H3,(H,32,35)(H,33,36)(H,37,38)/t18-,22-,24?,26-/m0/s1. The molecule has 3 amide bonds. The molecule has 0 spiro atoms. The van der Waals surface area contributed by atoms with E-state index in [9.17, 15) is 24.3 Å². The molecule has 226 valence electrons. The molecule has 41 heavy (non-hydrogen) atoms. The zero-order valence-electron chi connectivity index (χ0n) is 24.9. The van der Waals surface area contributed by atoms with Crippen molar-refractivity contribution >= 4 is 34.8 Å². The fourth-order valence-corrected chi connectivity index (χ4v) is 4.96. The second-order valence-electron chi connectivity index (χ2n) is 11.7. The molecule has 0 bridgehead atoms. The van der Waals surface area contributed by atoms with Gasteiger partial charge in [0.05, 0.1) is 6.61 Å². The average molecular weight is 573 g/mol. The molecular formula is C30H44N4O7. The third-order valence-corrected chi connectivity index (χ3v) is 7.30. The molecule has 1 unspecified atom stereocenters. The fourth-order valence-electron chi connectivity index (χ4n) is 4.96. The molecular weight excluding hydrogens is 528 g/mol. The van der Waals surface area contributed by atoms with Crippen molar-refractivity contribution in [2.45, 2.75) is 97.6 Å². The van der Waals surface area contributed by atoms with Gasteiger partial charge in [0.1, 0.15) is 23.9 Å². The van der Waals surface area contributed by atoms with E-state index in [2.05, 4.69) is 15.6 Å². The van der Waals surface area contributed by atoms with Gasteiger partial charge in [0.2, 0.25) is 11.8 Å². The van der Waals surface area contributed by atoms with Crippen LogP contribution in [0.1, 0.15) is 71.4 Å². The molecule has 11 nitrogen and oxygen atoms in total. The summed E-state index contributed by atoms with van der Waals surface area (Å²) in [5, 5.41) is 16.1. The highest BCUT2D eigenvalue weighted by atomic mass is 16.6. The Morgan fingerprint density at radius 2 is 1.95 bits per heavy atom. The van der Waals surface area contributed by atoms with Crippen LogP contribution in [0.25, 0.3) is 10.9 Å². The number of amides is 3. The molecule has 2 aromatic rings. The van der Waals surface area contributed by atoms with Crippen molar-refractivity contribution in [1.82, 2.24) is 20.5 Å².